The van der Waals surface area contributed by atoms with Gasteiger partial charge in [-0.3, -0.25) is 0 Å². The lowest BCUT2D eigenvalue weighted by Gasteiger charge is -2.00. The summed E-state index contributed by atoms with van der Waals surface area (Å²) in [5.74, 6) is -1.60. The number of carbonyl (C=O) groups is 1. The number of aromatic carboxylic acids is 1. The summed E-state index contributed by atoms with van der Waals surface area (Å²) in [6, 6.07) is 4.06. The van der Waals surface area contributed by atoms with Gasteiger partial charge in [0.05, 0.1) is 10.5 Å². The van der Waals surface area contributed by atoms with Gasteiger partial charge < -0.3 is 9.67 Å². The van der Waals surface area contributed by atoms with Crippen molar-refractivity contribution in [1.29, 1.82) is 0 Å². The second-order valence-corrected chi connectivity index (χ2v) is 3.63. The summed E-state index contributed by atoms with van der Waals surface area (Å²) in [6.45, 7) is 0. The van der Waals surface area contributed by atoms with Crippen LogP contribution in [0.2, 0.25) is 5.02 Å². The molecule has 0 atom stereocenters. The fraction of sp³-hybridized carbons (Fsp3) is 0.100. The van der Waals surface area contributed by atoms with Crippen molar-refractivity contribution in [1.82, 2.24) is 4.57 Å². The van der Waals surface area contributed by atoms with E-state index in [2.05, 4.69) is 0 Å². The average molecular weight is 228 g/mol. The van der Waals surface area contributed by atoms with Crippen LogP contribution < -0.4 is 0 Å². The lowest BCUT2D eigenvalue weighted by molar-refractivity contribution is 0.0687. The van der Waals surface area contributed by atoms with Crippen molar-refractivity contribution in [2.45, 2.75) is 0 Å². The molecule has 0 aliphatic rings. The zero-order valence-electron chi connectivity index (χ0n) is 7.79. The van der Waals surface area contributed by atoms with Gasteiger partial charge in [0.15, 0.2) is 0 Å². The van der Waals surface area contributed by atoms with Crippen LogP contribution in [-0.2, 0) is 7.05 Å². The van der Waals surface area contributed by atoms with E-state index in [0.717, 1.165) is 0 Å². The van der Waals surface area contributed by atoms with E-state index >= 15 is 0 Å². The third-order valence-corrected chi connectivity index (χ3v) is 2.59. The normalized spacial score (nSPS) is 10.9. The predicted octanol–water partition coefficient (Wildman–Crippen LogP) is 2.67. The molecule has 1 N–H and O–H groups in total. The van der Waals surface area contributed by atoms with Crippen molar-refractivity contribution in [3.8, 4) is 0 Å². The molecule has 15 heavy (non-hydrogen) atoms. The van der Waals surface area contributed by atoms with Crippen LogP contribution in [0.3, 0.4) is 0 Å². The third kappa shape index (κ3) is 1.47. The molecule has 0 unspecified atom stereocenters. The lowest BCUT2D eigenvalue weighted by Crippen LogP contribution is -2.03. The molecule has 0 fully saturated rings. The molecule has 2 aromatic rings. The van der Waals surface area contributed by atoms with Gasteiger partial charge in [-0.2, -0.15) is 0 Å². The van der Waals surface area contributed by atoms with Crippen molar-refractivity contribution < 1.29 is 14.3 Å². The Morgan fingerprint density at radius 3 is 2.73 bits per heavy atom. The largest absolute Gasteiger partial charge is 0.477 e. The molecule has 5 heteroatoms. The zero-order chi connectivity index (χ0) is 11.2. The van der Waals surface area contributed by atoms with Gasteiger partial charge >= 0.3 is 5.97 Å². The van der Waals surface area contributed by atoms with Crippen LogP contribution in [0.5, 0.6) is 0 Å². The van der Waals surface area contributed by atoms with Gasteiger partial charge in [0, 0.05) is 12.4 Å². The molecular weight excluding hydrogens is 221 g/mol. The van der Waals surface area contributed by atoms with Crippen LogP contribution in [0.25, 0.3) is 10.9 Å². The first-order chi connectivity index (χ1) is 7.00. The number of hydrogen-bond acceptors (Lipinski definition) is 1. The van der Waals surface area contributed by atoms with Gasteiger partial charge in [0.1, 0.15) is 11.5 Å². The first kappa shape index (κ1) is 9.98. The van der Waals surface area contributed by atoms with Crippen LogP contribution >= 0.6 is 11.6 Å². The number of rotatable bonds is 1. The Balaban J connectivity index is 2.83. The van der Waals surface area contributed by atoms with Gasteiger partial charge in [-0.1, -0.05) is 11.6 Å². The number of nitrogens with zero attached hydrogens (tertiary/aromatic N) is 1. The molecule has 0 saturated heterocycles. The Hall–Kier alpha value is -1.55. The first-order valence-corrected chi connectivity index (χ1v) is 4.56. The predicted molar refractivity (Wildman–Crippen MR) is 54.8 cm³/mol. The maximum absolute atomic E-state index is 13.1. The lowest BCUT2D eigenvalue weighted by atomic mass is 10.2. The van der Waals surface area contributed by atoms with Crippen LogP contribution in [0.1, 0.15) is 10.5 Å². The highest BCUT2D eigenvalue weighted by molar-refractivity contribution is 6.31. The van der Waals surface area contributed by atoms with E-state index < -0.39 is 11.8 Å². The summed E-state index contributed by atoms with van der Waals surface area (Å²) < 4.78 is 14.6. The summed E-state index contributed by atoms with van der Waals surface area (Å²) in [4.78, 5) is 10.8. The van der Waals surface area contributed by atoms with E-state index in [1.807, 2.05) is 0 Å². The summed E-state index contributed by atoms with van der Waals surface area (Å²) in [7, 11) is 1.60. The summed E-state index contributed by atoms with van der Waals surface area (Å²) >= 11 is 5.61. The number of hydrogen-bond donors (Lipinski definition) is 1. The number of fused-ring (bicyclic) bond motifs is 1. The van der Waals surface area contributed by atoms with E-state index in [-0.39, 0.29) is 10.7 Å². The van der Waals surface area contributed by atoms with Crippen LogP contribution in [-0.4, -0.2) is 15.6 Å². The molecule has 2 rings (SSSR count). The van der Waals surface area contributed by atoms with Crippen molar-refractivity contribution in [2.24, 2.45) is 7.05 Å². The molecule has 0 aliphatic carbocycles. The highest BCUT2D eigenvalue weighted by Crippen LogP contribution is 2.25. The molecule has 78 valence electrons. The molecule has 1 heterocycles. The Kier molecular flexibility index (Phi) is 2.16. The molecule has 0 aliphatic heterocycles. The molecule has 0 radical (unpaired) electrons. The van der Waals surface area contributed by atoms with Crippen LogP contribution in [0, 0.1) is 5.82 Å². The number of benzene rings is 1. The second-order valence-electron chi connectivity index (χ2n) is 3.22. The van der Waals surface area contributed by atoms with Crippen LogP contribution in [0.15, 0.2) is 18.2 Å². The fourth-order valence-corrected chi connectivity index (χ4v) is 1.69. The Labute approximate surface area is 89.7 Å². The quantitative estimate of drug-likeness (QED) is 0.814. The van der Waals surface area contributed by atoms with Gasteiger partial charge in [-0.15, -0.1) is 0 Å². The number of carboxylic acid groups (broad SMARTS) is 1. The Morgan fingerprint density at radius 2 is 2.13 bits per heavy atom. The Bertz CT molecular complexity index is 562. The van der Waals surface area contributed by atoms with E-state index in [1.165, 1.54) is 22.8 Å². The van der Waals surface area contributed by atoms with Crippen molar-refractivity contribution in [3.05, 3.63) is 34.7 Å². The van der Waals surface area contributed by atoms with E-state index in [9.17, 15) is 9.18 Å². The van der Waals surface area contributed by atoms with Gasteiger partial charge in [0.2, 0.25) is 0 Å². The third-order valence-electron chi connectivity index (χ3n) is 2.30. The van der Waals surface area contributed by atoms with Crippen LogP contribution in [0.4, 0.5) is 4.39 Å². The fourth-order valence-electron chi connectivity index (χ4n) is 1.54. The zero-order valence-corrected chi connectivity index (χ0v) is 8.55. The molecule has 0 amide bonds. The topological polar surface area (TPSA) is 42.2 Å². The van der Waals surface area contributed by atoms with Gasteiger partial charge in [-0.05, 0) is 18.2 Å². The molecular formula is C10H7ClFNO2. The molecule has 3 nitrogen and oxygen atoms in total. The highest BCUT2D eigenvalue weighted by Gasteiger charge is 2.13. The van der Waals surface area contributed by atoms with Crippen molar-refractivity contribution in [3.63, 3.8) is 0 Å². The van der Waals surface area contributed by atoms with E-state index in [4.69, 9.17) is 16.7 Å². The standard InChI is InChI=1S/C10H7ClFNO2/c1-13-8-4-6(11)7(12)2-5(8)3-9(13)10(14)15/h2-4H,1H3,(H,14,15). The summed E-state index contributed by atoms with van der Waals surface area (Å²) in [5.41, 5.74) is 0.700. The molecule has 0 saturated carbocycles. The summed E-state index contributed by atoms with van der Waals surface area (Å²) in [5, 5.41) is 9.37. The maximum atomic E-state index is 13.1. The molecule has 0 spiro atoms. The minimum absolute atomic E-state index is 0.0133. The maximum Gasteiger partial charge on any atom is 0.352 e. The molecule has 0 bridgehead atoms. The smallest absolute Gasteiger partial charge is 0.352 e. The summed E-state index contributed by atoms with van der Waals surface area (Å²) in [6.07, 6.45) is 0. The minimum Gasteiger partial charge on any atom is -0.477 e. The molecule has 1 aromatic carbocycles. The monoisotopic (exact) mass is 227 g/mol. The second kappa shape index (κ2) is 3.24. The Morgan fingerprint density at radius 1 is 1.47 bits per heavy atom. The molecule has 1 aromatic heterocycles. The SMILES string of the molecule is Cn1c(C(=O)O)cc2cc(F)c(Cl)cc21. The van der Waals surface area contributed by atoms with Gasteiger partial charge in [0.25, 0.3) is 0 Å². The first-order valence-electron chi connectivity index (χ1n) is 4.18. The minimum atomic E-state index is -1.05. The number of aromatic nitrogens is 1. The van der Waals surface area contributed by atoms with Gasteiger partial charge in [-0.25, -0.2) is 9.18 Å². The van der Waals surface area contributed by atoms with Crippen molar-refractivity contribution in [2.75, 3.05) is 0 Å². The number of halogens is 2. The van der Waals surface area contributed by atoms with E-state index in [1.54, 1.807) is 7.05 Å². The number of carboxylic acids is 1. The van der Waals surface area contributed by atoms with E-state index in [0.29, 0.717) is 10.9 Å². The average Bonchev–Trinajstić information content (AvgIpc) is 2.46. The highest BCUT2D eigenvalue weighted by atomic mass is 35.5. The van der Waals surface area contributed by atoms with Crippen molar-refractivity contribution >= 4 is 28.5 Å². The number of aryl methyl sites for hydroxylation is 1.